The van der Waals surface area contributed by atoms with Crippen molar-refractivity contribution in [2.45, 2.75) is 18.7 Å². The molecule has 6 nitrogen and oxygen atoms in total. The molecule has 0 aliphatic rings. The number of carboxylic acid groups (broad SMARTS) is 1. The van der Waals surface area contributed by atoms with Crippen molar-refractivity contribution in [3.63, 3.8) is 0 Å². The van der Waals surface area contributed by atoms with Gasteiger partial charge in [0.15, 0.2) is 0 Å². The lowest BCUT2D eigenvalue weighted by Gasteiger charge is -2.17. The molecule has 0 amide bonds. The molecule has 0 saturated carbocycles. The summed E-state index contributed by atoms with van der Waals surface area (Å²) in [5.41, 5.74) is 0.512. The molecule has 112 valence electrons. The second kappa shape index (κ2) is 6.83. The number of aryl methyl sites for hydroxylation is 1. The Balaban J connectivity index is 3.03. The van der Waals surface area contributed by atoms with Crippen LogP contribution in [0.15, 0.2) is 23.1 Å². The highest BCUT2D eigenvalue weighted by molar-refractivity contribution is 7.89. The molecule has 20 heavy (non-hydrogen) atoms. The van der Waals surface area contributed by atoms with Gasteiger partial charge >= 0.3 is 5.97 Å². The maximum atomic E-state index is 12.3. The van der Waals surface area contributed by atoms with Crippen molar-refractivity contribution in [2.24, 2.45) is 0 Å². The maximum Gasteiger partial charge on any atom is 0.335 e. The van der Waals surface area contributed by atoms with Crippen molar-refractivity contribution in [1.29, 1.82) is 0 Å². The van der Waals surface area contributed by atoms with Crippen LogP contribution in [0, 0.1) is 6.92 Å². The second-order valence-corrected chi connectivity index (χ2v) is 6.35. The Morgan fingerprint density at radius 2 is 2.05 bits per heavy atom. The largest absolute Gasteiger partial charge is 0.478 e. The topological polar surface area (TPSA) is 83.9 Å². The SMILES string of the molecule is CCOCCN(C)S(=O)(=O)c1ccc(C)c(C(=O)O)c1. The van der Waals surface area contributed by atoms with E-state index in [0.29, 0.717) is 18.8 Å². The van der Waals surface area contributed by atoms with E-state index in [0.717, 1.165) is 4.31 Å². The summed E-state index contributed by atoms with van der Waals surface area (Å²) in [5, 5.41) is 9.04. The van der Waals surface area contributed by atoms with E-state index in [1.807, 2.05) is 6.92 Å². The lowest BCUT2D eigenvalue weighted by atomic mass is 10.1. The molecule has 7 heteroatoms. The molecule has 0 aliphatic carbocycles. The van der Waals surface area contributed by atoms with Crippen LogP contribution in [0.4, 0.5) is 0 Å². The number of likely N-dealkylation sites (N-methyl/N-ethyl adjacent to an activating group) is 1. The first kappa shape index (κ1) is 16.6. The third-order valence-electron chi connectivity index (χ3n) is 2.90. The van der Waals surface area contributed by atoms with Crippen molar-refractivity contribution < 1.29 is 23.1 Å². The number of rotatable bonds is 7. The summed E-state index contributed by atoms with van der Waals surface area (Å²) in [6.45, 7) is 4.48. The zero-order valence-electron chi connectivity index (χ0n) is 11.8. The van der Waals surface area contributed by atoms with Gasteiger partial charge in [-0.3, -0.25) is 0 Å². The number of hydrogen-bond donors (Lipinski definition) is 1. The first-order chi connectivity index (χ1) is 9.30. The summed E-state index contributed by atoms with van der Waals surface area (Å²) in [7, 11) is -2.26. The highest BCUT2D eigenvalue weighted by Gasteiger charge is 2.22. The predicted molar refractivity (Wildman–Crippen MR) is 74.4 cm³/mol. The molecule has 0 aromatic heterocycles. The average molecular weight is 301 g/mol. The fraction of sp³-hybridized carbons (Fsp3) is 0.462. The molecule has 1 aromatic rings. The van der Waals surface area contributed by atoms with Crippen molar-refractivity contribution >= 4 is 16.0 Å². The number of benzene rings is 1. The van der Waals surface area contributed by atoms with E-state index in [-0.39, 0.29) is 17.0 Å². The quantitative estimate of drug-likeness (QED) is 0.769. The predicted octanol–water partition coefficient (Wildman–Crippen LogP) is 1.35. The Bertz CT molecular complexity index is 582. The van der Waals surface area contributed by atoms with Crippen molar-refractivity contribution in [1.82, 2.24) is 4.31 Å². The monoisotopic (exact) mass is 301 g/mol. The van der Waals surface area contributed by atoms with Crippen LogP contribution in [0.2, 0.25) is 0 Å². The van der Waals surface area contributed by atoms with E-state index in [9.17, 15) is 13.2 Å². The molecular weight excluding hydrogens is 282 g/mol. The standard InChI is InChI=1S/C13H19NO5S/c1-4-19-8-7-14(3)20(17,18)11-6-5-10(2)12(9-11)13(15)16/h5-6,9H,4,7-8H2,1-3H3,(H,15,16). The van der Waals surface area contributed by atoms with Gasteiger partial charge in [0.25, 0.3) is 0 Å². The Morgan fingerprint density at radius 1 is 1.40 bits per heavy atom. The summed E-state index contributed by atoms with van der Waals surface area (Å²) in [6.07, 6.45) is 0. The van der Waals surface area contributed by atoms with Crippen molar-refractivity contribution in [2.75, 3.05) is 26.8 Å². The van der Waals surface area contributed by atoms with Gasteiger partial charge in [-0.15, -0.1) is 0 Å². The number of ether oxygens (including phenoxy) is 1. The van der Waals surface area contributed by atoms with Crippen molar-refractivity contribution in [3.05, 3.63) is 29.3 Å². The first-order valence-corrected chi connectivity index (χ1v) is 7.62. The number of hydrogen-bond acceptors (Lipinski definition) is 4. The molecule has 0 aliphatic heterocycles. The van der Waals surface area contributed by atoms with Crippen LogP contribution in [0.3, 0.4) is 0 Å². The number of aromatic carboxylic acids is 1. The van der Waals surface area contributed by atoms with Crippen LogP contribution in [0.25, 0.3) is 0 Å². The summed E-state index contributed by atoms with van der Waals surface area (Å²) < 4.78 is 30.8. The van der Waals surface area contributed by atoms with E-state index < -0.39 is 16.0 Å². The molecule has 0 bridgehead atoms. The molecule has 1 rings (SSSR count). The molecule has 0 atom stereocenters. The second-order valence-electron chi connectivity index (χ2n) is 4.31. The van der Waals surface area contributed by atoms with Gasteiger partial charge in [0.2, 0.25) is 10.0 Å². The third-order valence-corrected chi connectivity index (χ3v) is 4.76. The fourth-order valence-electron chi connectivity index (χ4n) is 1.63. The van der Waals surface area contributed by atoms with Gasteiger partial charge in [-0.25, -0.2) is 13.2 Å². The molecule has 0 unspecified atom stereocenters. The van der Waals surface area contributed by atoms with E-state index in [2.05, 4.69) is 0 Å². The summed E-state index contributed by atoms with van der Waals surface area (Å²) in [4.78, 5) is 11.0. The molecule has 1 N–H and O–H groups in total. The zero-order valence-corrected chi connectivity index (χ0v) is 12.6. The van der Waals surface area contributed by atoms with E-state index in [4.69, 9.17) is 9.84 Å². The lowest BCUT2D eigenvalue weighted by Crippen LogP contribution is -2.30. The minimum Gasteiger partial charge on any atom is -0.478 e. The van der Waals surface area contributed by atoms with Crippen LogP contribution in [-0.2, 0) is 14.8 Å². The molecule has 0 fully saturated rings. The first-order valence-electron chi connectivity index (χ1n) is 6.18. The smallest absolute Gasteiger partial charge is 0.335 e. The van der Waals surface area contributed by atoms with E-state index in [1.165, 1.54) is 25.2 Å². The van der Waals surface area contributed by atoms with Crippen LogP contribution >= 0.6 is 0 Å². The van der Waals surface area contributed by atoms with E-state index >= 15 is 0 Å². The average Bonchev–Trinajstić information content (AvgIpc) is 2.38. The van der Waals surface area contributed by atoms with Crippen LogP contribution in [-0.4, -0.2) is 50.6 Å². The molecular formula is C13H19NO5S. The Morgan fingerprint density at radius 3 is 2.60 bits per heavy atom. The number of carbonyl (C=O) groups is 1. The van der Waals surface area contributed by atoms with Gasteiger partial charge in [-0.1, -0.05) is 6.07 Å². The Kier molecular flexibility index (Phi) is 5.67. The van der Waals surface area contributed by atoms with Gasteiger partial charge in [0.05, 0.1) is 17.1 Å². The lowest BCUT2D eigenvalue weighted by molar-refractivity contribution is 0.0696. The molecule has 0 saturated heterocycles. The molecule has 1 aromatic carbocycles. The van der Waals surface area contributed by atoms with E-state index in [1.54, 1.807) is 6.92 Å². The minimum atomic E-state index is -3.70. The fourth-order valence-corrected chi connectivity index (χ4v) is 2.81. The van der Waals surface area contributed by atoms with Crippen LogP contribution in [0.5, 0.6) is 0 Å². The number of nitrogens with zero attached hydrogens (tertiary/aromatic N) is 1. The maximum absolute atomic E-state index is 12.3. The van der Waals surface area contributed by atoms with Gasteiger partial charge in [0.1, 0.15) is 0 Å². The minimum absolute atomic E-state index is 0.00992. The zero-order chi connectivity index (χ0) is 15.3. The van der Waals surface area contributed by atoms with Crippen LogP contribution in [0.1, 0.15) is 22.8 Å². The van der Waals surface area contributed by atoms with Crippen LogP contribution < -0.4 is 0 Å². The van der Waals surface area contributed by atoms with Gasteiger partial charge in [-0.2, -0.15) is 4.31 Å². The molecule has 0 heterocycles. The third kappa shape index (κ3) is 3.78. The van der Waals surface area contributed by atoms with Gasteiger partial charge in [-0.05, 0) is 31.5 Å². The summed E-state index contributed by atoms with van der Waals surface area (Å²) in [5.74, 6) is -1.14. The van der Waals surface area contributed by atoms with Gasteiger partial charge in [0, 0.05) is 20.2 Å². The number of sulfonamides is 1. The summed E-state index contributed by atoms with van der Waals surface area (Å²) in [6, 6.07) is 4.09. The highest BCUT2D eigenvalue weighted by Crippen LogP contribution is 2.18. The highest BCUT2D eigenvalue weighted by atomic mass is 32.2. The van der Waals surface area contributed by atoms with Gasteiger partial charge < -0.3 is 9.84 Å². The molecule has 0 radical (unpaired) electrons. The normalized spacial score (nSPS) is 11.8. The summed E-state index contributed by atoms with van der Waals surface area (Å²) >= 11 is 0. The van der Waals surface area contributed by atoms with Crippen molar-refractivity contribution in [3.8, 4) is 0 Å². The Hall–Kier alpha value is -1.44. The molecule has 0 spiro atoms. The number of carboxylic acids is 1. The Labute approximate surface area is 119 Å².